The van der Waals surface area contributed by atoms with Crippen LogP contribution in [0.4, 0.5) is 18.0 Å². The number of nitrogens with one attached hydrogen (secondary N) is 1. The Morgan fingerprint density at radius 2 is 1.94 bits per heavy atom. The van der Waals surface area contributed by atoms with E-state index in [0.717, 1.165) is 37.0 Å². The number of aliphatic hydroxyl groups excluding tert-OH is 1. The largest absolute Gasteiger partial charge is 0.416 e. The zero-order chi connectivity index (χ0) is 13.8. The first-order chi connectivity index (χ1) is 8.30. The third-order valence-corrected chi connectivity index (χ3v) is 3.10. The number of nitrogens with zero attached hydrogens (tertiary/aromatic N) is 1. The predicted molar refractivity (Wildman–Crippen MR) is 60.1 cm³/mol. The predicted octanol–water partition coefficient (Wildman–Crippen LogP) is 1.88. The van der Waals surface area contributed by atoms with E-state index in [2.05, 4.69) is 5.32 Å². The number of amides is 2. The summed E-state index contributed by atoms with van der Waals surface area (Å²) >= 11 is 0. The van der Waals surface area contributed by atoms with Crippen molar-refractivity contribution in [3.63, 3.8) is 0 Å². The maximum Gasteiger partial charge on any atom is 0.416 e. The van der Waals surface area contributed by atoms with Crippen LogP contribution in [0.1, 0.15) is 32.1 Å². The normalized spacial score (nSPS) is 19.4. The van der Waals surface area contributed by atoms with Crippen LogP contribution in [-0.4, -0.2) is 48.0 Å². The van der Waals surface area contributed by atoms with Crippen LogP contribution in [0, 0.1) is 0 Å². The first-order valence-corrected chi connectivity index (χ1v) is 6.07. The van der Waals surface area contributed by atoms with Crippen LogP contribution in [0.25, 0.3) is 0 Å². The Morgan fingerprint density at radius 1 is 1.39 bits per heavy atom. The molecule has 0 aromatic heterocycles. The molecule has 0 spiro atoms. The summed E-state index contributed by atoms with van der Waals surface area (Å²) in [6.45, 7) is -0.748. The van der Waals surface area contributed by atoms with Gasteiger partial charge in [-0.2, -0.15) is 13.2 Å². The van der Waals surface area contributed by atoms with Crippen LogP contribution < -0.4 is 5.32 Å². The molecule has 1 fully saturated rings. The number of rotatable bonds is 3. The molecule has 4 nitrogen and oxygen atoms in total. The number of hydrogen-bond donors (Lipinski definition) is 2. The molecule has 1 unspecified atom stereocenters. The highest BCUT2D eigenvalue weighted by molar-refractivity contribution is 5.74. The second kappa shape index (κ2) is 6.26. The fourth-order valence-electron chi connectivity index (χ4n) is 1.98. The van der Waals surface area contributed by atoms with Crippen molar-refractivity contribution in [1.82, 2.24) is 10.2 Å². The van der Waals surface area contributed by atoms with Gasteiger partial charge in [0, 0.05) is 13.1 Å². The number of hydrogen-bond acceptors (Lipinski definition) is 2. The molecular weight excluding hydrogens is 249 g/mol. The van der Waals surface area contributed by atoms with Crippen molar-refractivity contribution in [3.8, 4) is 0 Å². The highest BCUT2D eigenvalue weighted by Crippen LogP contribution is 2.21. The van der Waals surface area contributed by atoms with Crippen LogP contribution in [-0.2, 0) is 0 Å². The summed E-state index contributed by atoms with van der Waals surface area (Å²) in [7, 11) is 1.24. The topological polar surface area (TPSA) is 52.6 Å². The van der Waals surface area contributed by atoms with Crippen molar-refractivity contribution in [2.24, 2.45) is 0 Å². The van der Waals surface area contributed by atoms with Gasteiger partial charge in [0.25, 0.3) is 0 Å². The van der Waals surface area contributed by atoms with E-state index in [0.29, 0.717) is 0 Å². The van der Waals surface area contributed by atoms with Crippen LogP contribution in [0.5, 0.6) is 0 Å². The molecule has 18 heavy (non-hydrogen) atoms. The van der Waals surface area contributed by atoms with Gasteiger partial charge in [0.15, 0.2) is 6.10 Å². The molecule has 0 radical (unpaired) electrons. The molecule has 7 heteroatoms. The lowest BCUT2D eigenvalue weighted by atomic mass is 9.96. The molecule has 0 bridgehead atoms. The van der Waals surface area contributed by atoms with E-state index in [9.17, 15) is 18.0 Å². The lowest BCUT2D eigenvalue weighted by Crippen LogP contribution is -2.48. The van der Waals surface area contributed by atoms with Gasteiger partial charge in [-0.05, 0) is 12.8 Å². The fraction of sp³-hybridized carbons (Fsp3) is 0.909. The van der Waals surface area contributed by atoms with E-state index in [-0.39, 0.29) is 6.04 Å². The molecule has 1 saturated carbocycles. The SMILES string of the molecule is CN(CC(O)C(F)(F)F)C(=O)NC1CCCCC1. The molecular formula is C11H19F3N2O2. The number of carbonyl (C=O) groups excluding carboxylic acids is 1. The summed E-state index contributed by atoms with van der Waals surface area (Å²) in [5, 5.41) is 11.5. The summed E-state index contributed by atoms with van der Waals surface area (Å²) in [5.41, 5.74) is 0. The Bertz CT molecular complexity index is 278. The maximum absolute atomic E-state index is 12.1. The molecule has 1 rings (SSSR count). The second-order valence-electron chi connectivity index (χ2n) is 4.72. The van der Waals surface area contributed by atoms with Gasteiger partial charge in [-0.25, -0.2) is 4.79 Å². The zero-order valence-corrected chi connectivity index (χ0v) is 10.3. The van der Waals surface area contributed by atoms with Crippen molar-refractivity contribution in [2.45, 2.75) is 50.4 Å². The zero-order valence-electron chi connectivity index (χ0n) is 10.3. The molecule has 1 aliphatic carbocycles. The van der Waals surface area contributed by atoms with Crippen molar-refractivity contribution in [3.05, 3.63) is 0 Å². The van der Waals surface area contributed by atoms with E-state index < -0.39 is 24.9 Å². The van der Waals surface area contributed by atoms with E-state index in [1.807, 2.05) is 0 Å². The maximum atomic E-state index is 12.1. The Hall–Kier alpha value is -0.980. The first-order valence-electron chi connectivity index (χ1n) is 6.07. The Kier molecular flexibility index (Phi) is 5.25. The van der Waals surface area contributed by atoms with Crippen LogP contribution in [0.15, 0.2) is 0 Å². The van der Waals surface area contributed by atoms with Gasteiger partial charge in [0.05, 0.1) is 6.54 Å². The number of alkyl halides is 3. The minimum absolute atomic E-state index is 0.0386. The quantitative estimate of drug-likeness (QED) is 0.821. The van der Waals surface area contributed by atoms with Gasteiger partial charge in [0.1, 0.15) is 0 Å². The van der Waals surface area contributed by atoms with Crippen LogP contribution in [0.3, 0.4) is 0 Å². The molecule has 0 heterocycles. The van der Waals surface area contributed by atoms with E-state index >= 15 is 0 Å². The van der Waals surface area contributed by atoms with Crippen molar-refractivity contribution < 1.29 is 23.1 Å². The van der Waals surface area contributed by atoms with Crippen LogP contribution in [0.2, 0.25) is 0 Å². The van der Waals surface area contributed by atoms with E-state index in [4.69, 9.17) is 5.11 Å². The highest BCUT2D eigenvalue weighted by Gasteiger charge is 2.39. The smallest absolute Gasteiger partial charge is 0.382 e. The molecule has 0 aromatic rings. The summed E-state index contributed by atoms with van der Waals surface area (Å²) in [5.74, 6) is 0. The molecule has 0 aromatic carbocycles. The van der Waals surface area contributed by atoms with Gasteiger partial charge in [-0.15, -0.1) is 0 Å². The van der Waals surface area contributed by atoms with E-state index in [1.165, 1.54) is 7.05 Å². The fourth-order valence-corrected chi connectivity index (χ4v) is 1.98. The molecule has 106 valence electrons. The third-order valence-electron chi connectivity index (χ3n) is 3.10. The van der Waals surface area contributed by atoms with Crippen molar-refractivity contribution in [2.75, 3.05) is 13.6 Å². The standard InChI is InChI=1S/C11H19F3N2O2/c1-16(7-9(17)11(12,13)14)10(18)15-8-5-3-2-4-6-8/h8-9,17H,2-7H2,1H3,(H,15,18). The molecule has 1 atom stereocenters. The molecule has 2 amide bonds. The molecule has 0 saturated heterocycles. The van der Waals surface area contributed by atoms with Crippen LogP contribution >= 0.6 is 0 Å². The van der Waals surface area contributed by atoms with Gasteiger partial charge < -0.3 is 15.3 Å². The number of carbonyl (C=O) groups is 1. The second-order valence-corrected chi connectivity index (χ2v) is 4.72. The van der Waals surface area contributed by atoms with Crippen molar-refractivity contribution >= 4 is 6.03 Å². The van der Waals surface area contributed by atoms with Gasteiger partial charge >= 0.3 is 12.2 Å². The van der Waals surface area contributed by atoms with Gasteiger partial charge in [0.2, 0.25) is 0 Å². The number of aliphatic hydroxyl groups is 1. The summed E-state index contributed by atoms with van der Waals surface area (Å²) < 4.78 is 36.4. The third kappa shape index (κ3) is 4.72. The number of urea groups is 1. The van der Waals surface area contributed by atoms with Gasteiger partial charge in [-0.3, -0.25) is 0 Å². The Labute approximate surface area is 104 Å². The minimum Gasteiger partial charge on any atom is -0.382 e. The summed E-state index contributed by atoms with van der Waals surface area (Å²) in [6.07, 6.45) is -2.28. The highest BCUT2D eigenvalue weighted by atomic mass is 19.4. The average Bonchev–Trinajstić information content (AvgIpc) is 2.28. The summed E-state index contributed by atoms with van der Waals surface area (Å²) in [6, 6.07) is -0.526. The molecule has 2 N–H and O–H groups in total. The van der Waals surface area contributed by atoms with Gasteiger partial charge in [-0.1, -0.05) is 19.3 Å². The first kappa shape index (κ1) is 15.1. The number of likely N-dealkylation sites (N-methyl/N-ethyl adjacent to an activating group) is 1. The van der Waals surface area contributed by atoms with E-state index in [1.54, 1.807) is 0 Å². The monoisotopic (exact) mass is 268 g/mol. The molecule has 0 aliphatic heterocycles. The average molecular weight is 268 g/mol. The molecule has 1 aliphatic rings. The minimum atomic E-state index is -4.70. The number of halogens is 3. The summed E-state index contributed by atoms with van der Waals surface area (Å²) in [4.78, 5) is 12.5. The Morgan fingerprint density at radius 3 is 2.44 bits per heavy atom. The lowest BCUT2D eigenvalue weighted by Gasteiger charge is -2.27. The van der Waals surface area contributed by atoms with Crippen molar-refractivity contribution in [1.29, 1.82) is 0 Å². The lowest BCUT2D eigenvalue weighted by molar-refractivity contribution is -0.205. The Balaban J connectivity index is 2.36.